The predicted octanol–water partition coefficient (Wildman–Crippen LogP) is 0.910. The minimum atomic E-state index is -2.02. The van der Waals surface area contributed by atoms with Crippen LogP contribution in [0.1, 0.15) is 106 Å². The van der Waals surface area contributed by atoms with E-state index in [0.717, 1.165) is 37.7 Å². The number of carboxylic acids is 1. The highest BCUT2D eigenvalue weighted by Crippen LogP contribution is 2.75. The molecule has 2 saturated heterocycles. The lowest BCUT2D eigenvalue weighted by Gasteiger charge is -2.70. The minimum Gasteiger partial charge on any atom is -0.481 e. The third-order valence-electron chi connectivity index (χ3n) is 17.4. The molecular formula is C42H64N2O16. The Morgan fingerprint density at radius 3 is 1.90 bits per heavy atom. The number of aliphatic hydroxyl groups excluding tert-OH is 5. The summed E-state index contributed by atoms with van der Waals surface area (Å²) < 4.78 is 23.5. The Balaban J connectivity index is 1.15. The van der Waals surface area contributed by atoms with E-state index in [2.05, 4.69) is 37.4 Å². The molecule has 10 N–H and O–H groups in total. The molecule has 0 radical (unpaired) electrons. The molecule has 2 aliphatic heterocycles. The fourth-order valence-electron chi connectivity index (χ4n) is 13.5. The van der Waals surface area contributed by atoms with Crippen molar-refractivity contribution in [1.29, 1.82) is 0 Å². The molecule has 6 fully saturated rings. The Kier molecular flexibility index (Phi) is 11.6. The second-order valence-corrected chi connectivity index (χ2v) is 20.8. The van der Waals surface area contributed by atoms with Crippen molar-refractivity contribution in [1.82, 2.24) is 0 Å². The van der Waals surface area contributed by atoms with Crippen LogP contribution in [0, 0.1) is 50.2 Å². The smallest absolute Gasteiger partial charge is 0.356 e. The van der Waals surface area contributed by atoms with Crippen LogP contribution in [0.3, 0.4) is 0 Å². The van der Waals surface area contributed by atoms with Crippen molar-refractivity contribution in [3.63, 3.8) is 0 Å². The number of hydrogen-bond acceptors (Lipinski definition) is 17. The molecule has 0 aromatic rings. The average Bonchev–Trinajstić information content (AvgIpc) is 3.19. The van der Waals surface area contributed by atoms with Gasteiger partial charge in [0.05, 0.1) is 11.5 Å². The van der Waals surface area contributed by atoms with Crippen molar-refractivity contribution >= 4 is 23.7 Å². The largest absolute Gasteiger partial charge is 0.481 e. The summed E-state index contributed by atoms with van der Waals surface area (Å²) in [6.07, 6.45) is -11.7. The summed E-state index contributed by atoms with van der Waals surface area (Å²) in [6, 6.07) is 0. The van der Waals surface area contributed by atoms with Crippen molar-refractivity contribution < 1.29 is 78.4 Å². The van der Waals surface area contributed by atoms with E-state index < -0.39 is 107 Å². The van der Waals surface area contributed by atoms with Gasteiger partial charge in [-0.15, -0.1) is 0 Å². The summed E-state index contributed by atoms with van der Waals surface area (Å²) in [5.41, 5.74) is -1.70. The monoisotopic (exact) mass is 852 g/mol. The van der Waals surface area contributed by atoms with Gasteiger partial charge in [0.1, 0.15) is 36.6 Å². The van der Waals surface area contributed by atoms with Crippen LogP contribution < -0.4 is 11.8 Å². The Bertz CT molecular complexity index is 1780. The van der Waals surface area contributed by atoms with Gasteiger partial charge >= 0.3 is 17.9 Å². The fourth-order valence-corrected chi connectivity index (χ4v) is 13.5. The molecule has 0 aromatic carbocycles. The number of aliphatic hydroxyl groups is 5. The van der Waals surface area contributed by atoms with Gasteiger partial charge in [0, 0.05) is 5.92 Å². The fraction of sp³-hybridized carbons (Fsp3) is 0.857. The molecule has 7 aliphatic rings. The molecule has 338 valence electrons. The normalized spacial score (nSPS) is 51.1. The lowest BCUT2D eigenvalue weighted by atomic mass is 9.33. The number of carbonyl (C=O) groups excluding carboxylic acids is 3. The number of carboxylic acid groups (broad SMARTS) is 1. The summed E-state index contributed by atoms with van der Waals surface area (Å²) in [5.74, 6) is 6.43. The number of allylic oxidation sites excluding steroid dienone is 2. The predicted molar refractivity (Wildman–Crippen MR) is 205 cm³/mol. The van der Waals surface area contributed by atoms with E-state index in [1.807, 2.05) is 26.8 Å². The third-order valence-corrected chi connectivity index (χ3v) is 17.4. The first-order valence-electron chi connectivity index (χ1n) is 21.2. The molecule has 18 heteroatoms. The van der Waals surface area contributed by atoms with Crippen LogP contribution in [0.15, 0.2) is 11.6 Å². The molecule has 0 unspecified atom stereocenters. The number of fused-ring (bicyclic) bond motifs is 7. The van der Waals surface area contributed by atoms with Crippen LogP contribution in [0.4, 0.5) is 0 Å². The van der Waals surface area contributed by atoms with Crippen LogP contribution in [0.5, 0.6) is 0 Å². The van der Waals surface area contributed by atoms with Crippen LogP contribution in [-0.4, -0.2) is 122 Å². The second-order valence-electron chi connectivity index (χ2n) is 20.8. The third kappa shape index (κ3) is 6.61. The molecule has 2 heterocycles. The van der Waals surface area contributed by atoms with Gasteiger partial charge in [-0.2, -0.15) is 11.8 Å². The average molecular weight is 853 g/mol. The highest BCUT2D eigenvalue weighted by Gasteiger charge is 2.71. The maximum Gasteiger partial charge on any atom is 0.356 e. The van der Waals surface area contributed by atoms with Gasteiger partial charge in [-0.05, 0) is 110 Å². The highest BCUT2D eigenvalue weighted by molar-refractivity contribution is 5.95. The van der Waals surface area contributed by atoms with Gasteiger partial charge in [0.2, 0.25) is 0 Å². The Hall–Kier alpha value is -2.62. The lowest BCUT2D eigenvalue weighted by Crippen LogP contribution is -2.68. The number of ether oxygens (including phenoxy) is 4. The van der Waals surface area contributed by atoms with E-state index >= 15 is 0 Å². The van der Waals surface area contributed by atoms with Gasteiger partial charge in [0.15, 0.2) is 30.6 Å². The first-order chi connectivity index (χ1) is 27.8. The zero-order chi connectivity index (χ0) is 44.3. The van der Waals surface area contributed by atoms with E-state index in [-0.39, 0.29) is 34.4 Å². The van der Waals surface area contributed by atoms with Crippen LogP contribution >= 0.6 is 0 Å². The van der Waals surface area contributed by atoms with Crippen molar-refractivity contribution in [2.45, 2.75) is 174 Å². The van der Waals surface area contributed by atoms with Gasteiger partial charge in [0.25, 0.3) is 0 Å². The molecule has 0 spiro atoms. The standard InChI is InChI=1S/C42H64N2O16/c1-37(2)21-8-11-42(7)31(20(45)16-18-19-17-39(4,36(53)54)13-12-38(19,3)14-15-41(18,42)6)40(21,5)10-9-22(37)55-35-27(50)28(26(49)30(58-35)33(52)60-44)56-34-25(48)23(46)24(47)29(57-34)32(51)59-43/h16,19,21-31,34-35,46-50H,8-15,17,43-44H2,1-7H3,(H,53,54)/t19-,21-,22-,23-,24-,25+,26-,27+,28-,29-,30-,31+,34-,35+,38+,39-,40-,41+,42+/m0/s1. The number of rotatable bonds is 7. The van der Waals surface area contributed by atoms with Gasteiger partial charge in [-0.1, -0.05) is 47.1 Å². The van der Waals surface area contributed by atoms with Crippen molar-refractivity contribution in [3.8, 4) is 0 Å². The molecule has 0 bridgehead atoms. The van der Waals surface area contributed by atoms with E-state index in [4.69, 9.17) is 30.7 Å². The SMILES string of the molecule is CC1(C)[C@@H](O[C@@H]2O[C@H](C(=O)ON)[C@@H](O)[C@H](O[C@H]3O[C@H](C(=O)ON)[C@@H](O)[C@H](O)[C@H]3O)[C@H]2O)CC[C@]2(C)[C@H]3C(=O)C=C4[C@@H]5C[C@@](C)(C(=O)O)CC[C@]5(C)CC[C@@]4(C)[C@]3(C)CC[C@@H]12. The van der Waals surface area contributed by atoms with Crippen molar-refractivity contribution in [3.05, 3.63) is 11.6 Å². The van der Waals surface area contributed by atoms with Crippen LogP contribution in [-0.2, 0) is 47.8 Å². The van der Waals surface area contributed by atoms with Crippen LogP contribution in [0.2, 0.25) is 0 Å². The Morgan fingerprint density at radius 2 is 1.30 bits per heavy atom. The molecule has 18 nitrogen and oxygen atoms in total. The summed E-state index contributed by atoms with van der Waals surface area (Å²) >= 11 is 0. The van der Waals surface area contributed by atoms with E-state index in [9.17, 15) is 49.8 Å². The molecule has 0 amide bonds. The maximum atomic E-state index is 14.9. The number of ketones is 1. The highest BCUT2D eigenvalue weighted by atomic mass is 16.8. The van der Waals surface area contributed by atoms with Gasteiger partial charge in [-0.3, -0.25) is 9.59 Å². The molecule has 19 atom stereocenters. The van der Waals surface area contributed by atoms with Gasteiger partial charge < -0.3 is 59.3 Å². The topological polar surface area (TPSA) is 297 Å². The summed E-state index contributed by atoms with van der Waals surface area (Å²) in [5, 5.41) is 64.6. The van der Waals surface area contributed by atoms with E-state index in [0.29, 0.717) is 25.7 Å². The quantitative estimate of drug-likeness (QED) is 0.130. The summed E-state index contributed by atoms with van der Waals surface area (Å²) in [4.78, 5) is 60.9. The lowest BCUT2D eigenvalue weighted by molar-refractivity contribution is -0.363. The molecule has 4 saturated carbocycles. The molecule has 7 rings (SSSR count). The number of aliphatic carboxylic acids is 1. The Labute approximate surface area is 349 Å². The van der Waals surface area contributed by atoms with Crippen molar-refractivity contribution in [2.24, 2.45) is 62.0 Å². The summed E-state index contributed by atoms with van der Waals surface area (Å²) in [7, 11) is 0. The zero-order valence-electron chi connectivity index (χ0n) is 35.4. The first kappa shape index (κ1) is 45.4. The van der Waals surface area contributed by atoms with Crippen molar-refractivity contribution in [2.75, 3.05) is 0 Å². The molecule has 60 heavy (non-hydrogen) atoms. The Morgan fingerprint density at radius 1 is 0.717 bits per heavy atom. The van der Waals surface area contributed by atoms with Gasteiger partial charge in [-0.25, -0.2) is 9.59 Å². The minimum absolute atomic E-state index is 0.0129. The van der Waals surface area contributed by atoms with E-state index in [1.54, 1.807) is 0 Å². The first-order valence-corrected chi connectivity index (χ1v) is 21.2. The number of hydrogen-bond donors (Lipinski definition) is 8. The number of nitrogens with two attached hydrogens (primary N) is 2. The van der Waals surface area contributed by atoms with Crippen LogP contribution in [0.25, 0.3) is 0 Å². The second kappa shape index (κ2) is 15.3. The van der Waals surface area contributed by atoms with E-state index in [1.165, 1.54) is 0 Å². The zero-order valence-corrected chi connectivity index (χ0v) is 35.4. The summed E-state index contributed by atoms with van der Waals surface area (Å²) in [6.45, 7) is 15.0. The molecular weight excluding hydrogens is 788 g/mol. The molecule has 5 aliphatic carbocycles. The number of carbonyl (C=O) groups is 4. The maximum absolute atomic E-state index is 14.9. The molecule has 0 aromatic heterocycles.